The molecule has 4 aliphatic rings. The number of fused-ring (bicyclic) bond motifs is 2. The Morgan fingerprint density at radius 1 is 0.614 bits per heavy atom. The van der Waals surface area contributed by atoms with Gasteiger partial charge < -0.3 is 28.2 Å². The van der Waals surface area contributed by atoms with Crippen molar-refractivity contribution in [3.63, 3.8) is 0 Å². The maximum atomic E-state index is 13.2. The van der Waals surface area contributed by atoms with Crippen LogP contribution in [0.2, 0.25) is 0 Å². The van der Waals surface area contributed by atoms with Crippen LogP contribution in [0, 0.1) is 24.7 Å². The number of aliphatic carboxylic acids is 1. The van der Waals surface area contributed by atoms with Gasteiger partial charge in [-0.15, -0.1) is 0 Å². The third-order valence-corrected chi connectivity index (χ3v) is 19.3. The molecule has 0 bridgehead atoms. The number of pyridine rings is 2. The van der Waals surface area contributed by atoms with Crippen LogP contribution in [0.15, 0.2) is 69.5 Å². The number of nitrogens with zero attached hydrogens (tertiary/aromatic N) is 4. The molecule has 0 spiro atoms. The number of furan rings is 2. The Morgan fingerprint density at radius 2 is 0.988 bits per heavy atom. The number of carbonyl (C=O) groups excluding carboxylic acids is 3. The van der Waals surface area contributed by atoms with Gasteiger partial charge in [-0.2, -0.15) is 9.97 Å². The maximum Gasteiger partial charge on any atom is 0.306 e. The van der Waals surface area contributed by atoms with Crippen molar-refractivity contribution >= 4 is 77.4 Å². The Balaban J connectivity index is 0.000000200. The highest BCUT2D eigenvalue weighted by Crippen LogP contribution is 2.49. The highest BCUT2D eigenvalue weighted by molar-refractivity contribution is 7.92. The number of anilines is 2. The van der Waals surface area contributed by atoms with Gasteiger partial charge in [-0.05, 0) is 137 Å². The lowest BCUT2D eigenvalue weighted by Gasteiger charge is -2.37. The molecular formula is C63H78N4O14S2. The number of Topliss-reactive ketones (excluding diaryl/α,β-unsaturated/α-hetero) is 2. The van der Waals surface area contributed by atoms with E-state index in [1.807, 2.05) is 88.4 Å². The van der Waals surface area contributed by atoms with Crippen LogP contribution in [0.25, 0.3) is 44.8 Å². The number of carboxylic acid groups (broad SMARTS) is 1. The van der Waals surface area contributed by atoms with E-state index in [1.54, 1.807) is 0 Å². The van der Waals surface area contributed by atoms with Crippen molar-refractivity contribution in [1.29, 1.82) is 0 Å². The number of sulfonamides is 2. The van der Waals surface area contributed by atoms with Crippen LogP contribution in [0.4, 0.5) is 11.6 Å². The first-order chi connectivity index (χ1) is 39.6. The van der Waals surface area contributed by atoms with Gasteiger partial charge in [0, 0.05) is 63.5 Å². The molecule has 0 radical (unpaired) electrons. The molecule has 1 N–H and O–H groups in total. The van der Waals surface area contributed by atoms with Crippen LogP contribution in [-0.4, -0.2) is 115 Å². The monoisotopic (exact) mass is 1180 g/mol. The molecule has 2 aromatic carbocycles. The van der Waals surface area contributed by atoms with E-state index in [0.29, 0.717) is 123 Å². The van der Waals surface area contributed by atoms with Gasteiger partial charge in [0.2, 0.25) is 31.5 Å². The van der Waals surface area contributed by atoms with Crippen LogP contribution >= 0.6 is 0 Å². The number of esters is 1. The molecule has 10 rings (SSSR count). The van der Waals surface area contributed by atoms with E-state index in [-0.39, 0.29) is 72.1 Å². The first-order valence-electron chi connectivity index (χ1n) is 29.1. The minimum absolute atomic E-state index is 0.0369. The number of rotatable bonds is 24. The minimum Gasteiger partial charge on any atom is -0.481 e. The molecule has 6 heterocycles. The van der Waals surface area contributed by atoms with Gasteiger partial charge in [-0.3, -0.25) is 27.8 Å². The lowest BCUT2D eigenvalue weighted by Crippen LogP contribution is -2.36. The molecule has 2 aliphatic heterocycles. The zero-order valence-electron chi connectivity index (χ0n) is 48.8. The summed E-state index contributed by atoms with van der Waals surface area (Å²) in [5, 5.41) is 10.8. The fraction of sp³-hybridized carbons (Fsp3) is 0.524. The van der Waals surface area contributed by atoms with Crippen molar-refractivity contribution in [2.75, 3.05) is 67.7 Å². The van der Waals surface area contributed by atoms with Crippen LogP contribution < -0.4 is 8.61 Å². The summed E-state index contributed by atoms with van der Waals surface area (Å²) in [6.07, 6.45) is 12.0. The van der Waals surface area contributed by atoms with Crippen LogP contribution in [0.5, 0.6) is 0 Å². The SMILES string of the molecule is CCC(=O)c1c(-c2ccc(C)cc2)oc2nc(N(CCCC3(CC(=O)O)CCOCC3)S(C)(=O)=O)c(C3CC3)cc12.CCC(=O)c1c(-c2ccc(C)cc2)oc2nc(N(CCCC3(CC(=O)OC)CCOCC3)S(C)(=O)=O)c(C3CC3)cc12. The summed E-state index contributed by atoms with van der Waals surface area (Å²) in [4.78, 5) is 59.8. The Bertz CT molecular complexity index is 3590. The molecule has 6 aromatic rings. The van der Waals surface area contributed by atoms with Crippen molar-refractivity contribution in [2.24, 2.45) is 10.8 Å². The number of aryl methyl sites for hydroxylation is 2. The van der Waals surface area contributed by atoms with Crippen molar-refractivity contribution in [2.45, 2.75) is 142 Å². The van der Waals surface area contributed by atoms with Crippen molar-refractivity contribution in [3.8, 4) is 22.6 Å². The van der Waals surface area contributed by atoms with E-state index >= 15 is 0 Å². The predicted octanol–water partition coefficient (Wildman–Crippen LogP) is 12.3. The molecule has 83 heavy (non-hydrogen) atoms. The van der Waals surface area contributed by atoms with Gasteiger partial charge in [0.1, 0.15) is 23.2 Å². The summed E-state index contributed by atoms with van der Waals surface area (Å²) in [6.45, 7) is 10.1. The molecule has 2 saturated heterocycles. The zero-order valence-corrected chi connectivity index (χ0v) is 50.5. The number of carbonyl (C=O) groups is 4. The average Bonchev–Trinajstić information content (AvgIpc) is 3.72. The second-order valence-corrected chi connectivity index (χ2v) is 27.2. The third kappa shape index (κ3) is 14.2. The summed E-state index contributed by atoms with van der Waals surface area (Å²) in [7, 11) is -6.03. The van der Waals surface area contributed by atoms with Crippen LogP contribution in [0.3, 0.4) is 0 Å². The molecule has 0 atom stereocenters. The molecule has 20 heteroatoms. The van der Waals surface area contributed by atoms with Crippen molar-refractivity contribution in [3.05, 3.63) is 94.0 Å². The van der Waals surface area contributed by atoms with Gasteiger partial charge in [0.05, 0.1) is 54.4 Å². The van der Waals surface area contributed by atoms with Gasteiger partial charge in [-0.1, -0.05) is 73.5 Å². The number of ketones is 2. The smallest absolute Gasteiger partial charge is 0.306 e. The Labute approximate surface area is 486 Å². The van der Waals surface area contributed by atoms with E-state index in [9.17, 15) is 41.1 Å². The van der Waals surface area contributed by atoms with Crippen LogP contribution in [-0.2, 0) is 43.8 Å². The Hall–Kier alpha value is -6.48. The van der Waals surface area contributed by atoms with E-state index in [0.717, 1.165) is 71.9 Å². The second kappa shape index (κ2) is 25.4. The minimum atomic E-state index is -3.72. The normalized spacial score (nSPS) is 17.0. The van der Waals surface area contributed by atoms with Crippen molar-refractivity contribution < 1.29 is 64.2 Å². The summed E-state index contributed by atoms with van der Waals surface area (Å²) in [5.41, 5.74) is 6.10. The summed E-state index contributed by atoms with van der Waals surface area (Å²) < 4.78 is 84.0. The molecule has 4 aromatic heterocycles. The Morgan fingerprint density at radius 3 is 1.31 bits per heavy atom. The number of hydrogen-bond donors (Lipinski definition) is 1. The molecule has 18 nitrogen and oxygen atoms in total. The number of hydrogen-bond acceptors (Lipinski definition) is 15. The number of carboxylic acids is 1. The average molecular weight is 1180 g/mol. The third-order valence-electron chi connectivity index (χ3n) is 17.0. The molecule has 2 saturated carbocycles. The molecule has 0 unspecified atom stereocenters. The number of methoxy groups -OCH3 is 1. The summed E-state index contributed by atoms with van der Waals surface area (Å²) >= 11 is 0. The molecule has 4 fully saturated rings. The van der Waals surface area contributed by atoms with E-state index in [2.05, 4.69) is 0 Å². The number of aromatic nitrogens is 2. The zero-order chi connectivity index (χ0) is 59.4. The first-order valence-corrected chi connectivity index (χ1v) is 32.8. The maximum absolute atomic E-state index is 13.2. The van der Waals surface area contributed by atoms with Crippen LogP contribution in [0.1, 0.15) is 171 Å². The van der Waals surface area contributed by atoms with E-state index < -0.39 is 31.4 Å². The van der Waals surface area contributed by atoms with Gasteiger partial charge in [0.15, 0.2) is 11.6 Å². The fourth-order valence-corrected chi connectivity index (χ4v) is 13.8. The lowest BCUT2D eigenvalue weighted by molar-refractivity contribution is -0.145. The summed E-state index contributed by atoms with van der Waals surface area (Å²) in [5.74, 6) is 0.699. The predicted molar refractivity (Wildman–Crippen MR) is 318 cm³/mol. The Kier molecular flexibility index (Phi) is 18.7. The van der Waals surface area contributed by atoms with E-state index in [4.69, 9.17) is 33.0 Å². The highest BCUT2D eigenvalue weighted by Gasteiger charge is 2.40. The number of benzene rings is 2. The van der Waals surface area contributed by atoms with Gasteiger partial charge >= 0.3 is 11.9 Å². The van der Waals surface area contributed by atoms with Gasteiger partial charge in [-0.25, -0.2) is 16.8 Å². The van der Waals surface area contributed by atoms with E-state index in [1.165, 1.54) is 28.2 Å². The first kappa shape index (κ1) is 61.1. The molecule has 446 valence electrons. The van der Waals surface area contributed by atoms with Crippen molar-refractivity contribution in [1.82, 2.24) is 9.97 Å². The second-order valence-electron chi connectivity index (χ2n) is 23.4. The quantitative estimate of drug-likeness (QED) is 0.0437. The topological polar surface area (TPSA) is 243 Å². The highest BCUT2D eigenvalue weighted by atomic mass is 32.2. The summed E-state index contributed by atoms with van der Waals surface area (Å²) in [6, 6.07) is 19.3. The largest absolute Gasteiger partial charge is 0.481 e. The van der Waals surface area contributed by atoms with Gasteiger partial charge in [0.25, 0.3) is 0 Å². The lowest BCUT2D eigenvalue weighted by atomic mass is 9.74. The molecule has 0 amide bonds. The number of ether oxygens (including phenoxy) is 3. The fourth-order valence-electron chi connectivity index (χ4n) is 12.0. The molecule has 2 aliphatic carbocycles. The molecular weight excluding hydrogens is 1100 g/mol. The standard InChI is InChI=1S/C32H40N2O7S.C31H38N2O7S/c1-5-26(35)28-25-19-24(22-11-12-22)30(33-31(25)41-29(28)23-9-7-21(2)8-10-23)34(42(4,37)38)16-6-13-32(20-27(36)39-3)14-17-40-18-15-32;1-4-25(34)27-24-18-23(21-10-11-21)29(32-30(24)40-28(27)22-8-6-20(2)7-9-22)33(41(3,37)38)15-5-12-31(19-26(35)36)13-16-39-17-14-31/h7-10,19,22H,5-6,11-18,20H2,1-4H3;6-9,18,21H,4-5,10-17,19H2,1-3H3,(H,35,36).